The Morgan fingerprint density at radius 1 is 1.15 bits per heavy atom. The van der Waals surface area contributed by atoms with E-state index >= 15 is 0 Å². The molecule has 0 radical (unpaired) electrons. The van der Waals surface area contributed by atoms with Crippen LogP contribution in [0.15, 0.2) is 42.7 Å². The zero-order valence-electron chi connectivity index (χ0n) is 11.7. The van der Waals surface area contributed by atoms with E-state index in [1.807, 2.05) is 30.3 Å². The third kappa shape index (κ3) is 3.48. The van der Waals surface area contributed by atoms with Crippen LogP contribution in [0.4, 0.5) is 0 Å². The van der Waals surface area contributed by atoms with Crippen LogP contribution in [0.1, 0.15) is 23.7 Å². The lowest BCUT2D eigenvalue weighted by atomic mass is 10.0. The van der Waals surface area contributed by atoms with Gasteiger partial charge >= 0.3 is 0 Å². The quantitative estimate of drug-likeness (QED) is 0.879. The molecule has 0 fully saturated rings. The van der Waals surface area contributed by atoms with E-state index in [1.54, 1.807) is 26.6 Å². The molecule has 1 aromatic heterocycles. The van der Waals surface area contributed by atoms with Crippen molar-refractivity contribution < 1.29 is 14.6 Å². The van der Waals surface area contributed by atoms with Crippen LogP contribution in [0.2, 0.25) is 0 Å². The molecule has 0 aliphatic carbocycles. The molecule has 1 N–H and O–H groups in total. The summed E-state index contributed by atoms with van der Waals surface area (Å²) in [7, 11) is 3.23. The predicted molar refractivity (Wildman–Crippen MR) is 77.1 cm³/mol. The molecule has 2 rings (SSSR count). The van der Waals surface area contributed by atoms with E-state index < -0.39 is 6.10 Å². The van der Waals surface area contributed by atoms with Gasteiger partial charge in [-0.05, 0) is 42.2 Å². The molecule has 0 saturated carbocycles. The Hall–Kier alpha value is -2.07. The fraction of sp³-hybridized carbons (Fsp3) is 0.312. The first-order chi connectivity index (χ1) is 9.74. The Kier molecular flexibility index (Phi) is 4.96. The minimum Gasteiger partial charge on any atom is -0.493 e. The Bertz CT molecular complexity index is 543. The summed E-state index contributed by atoms with van der Waals surface area (Å²) in [5.41, 5.74) is 1.94. The first-order valence-corrected chi connectivity index (χ1v) is 6.53. The SMILES string of the molecule is COc1ccc(CC[C@@H](O)c2cccnc2)cc1OC. The molecular weight excluding hydrogens is 254 g/mol. The lowest BCUT2D eigenvalue weighted by Gasteiger charge is -2.12. The van der Waals surface area contributed by atoms with Crippen molar-refractivity contribution in [1.82, 2.24) is 4.98 Å². The monoisotopic (exact) mass is 273 g/mol. The summed E-state index contributed by atoms with van der Waals surface area (Å²) in [6.07, 6.45) is 4.29. The molecule has 1 aromatic carbocycles. The van der Waals surface area contributed by atoms with Crippen LogP contribution < -0.4 is 9.47 Å². The Morgan fingerprint density at radius 2 is 1.95 bits per heavy atom. The average Bonchev–Trinajstić information content (AvgIpc) is 2.53. The molecule has 106 valence electrons. The lowest BCUT2D eigenvalue weighted by Crippen LogP contribution is -2.00. The van der Waals surface area contributed by atoms with E-state index in [9.17, 15) is 5.11 Å². The fourth-order valence-electron chi connectivity index (χ4n) is 2.08. The van der Waals surface area contributed by atoms with Crippen molar-refractivity contribution in [2.24, 2.45) is 0 Å². The summed E-state index contributed by atoms with van der Waals surface area (Å²) < 4.78 is 10.5. The normalized spacial score (nSPS) is 11.9. The van der Waals surface area contributed by atoms with Gasteiger partial charge in [0.15, 0.2) is 11.5 Å². The molecule has 0 saturated heterocycles. The maximum absolute atomic E-state index is 10.1. The molecule has 4 nitrogen and oxygen atoms in total. The highest BCUT2D eigenvalue weighted by molar-refractivity contribution is 5.42. The molecule has 0 spiro atoms. The second-order valence-electron chi connectivity index (χ2n) is 4.53. The van der Waals surface area contributed by atoms with Gasteiger partial charge in [0.1, 0.15) is 0 Å². The first-order valence-electron chi connectivity index (χ1n) is 6.53. The summed E-state index contributed by atoms with van der Waals surface area (Å²) in [6, 6.07) is 9.51. The van der Waals surface area contributed by atoms with E-state index in [1.165, 1.54) is 0 Å². The van der Waals surface area contributed by atoms with Crippen LogP contribution >= 0.6 is 0 Å². The van der Waals surface area contributed by atoms with Crippen molar-refractivity contribution in [3.63, 3.8) is 0 Å². The van der Waals surface area contributed by atoms with Gasteiger partial charge in [-0.3, -0.25) is 4.98 Å². The molecule has 0 bridgehead atoms. The van der Waals surface area contributed by atoms with Crippen molar-refractivity contribution >= 4 is 0 Å². The second-order valence-corrected chi connectivity index (χ2v) is 4.53. The lowest BCUT2D eigenvalue weighted by molar-refractivity contribution is 0.167. The number of ether oxygens (including phenoxy) is 2. The number of aryl methyl sites for hydroxylation is 1. The zero-order valence-corrected chi connectivity index (χ0v) is 11.7. The molecule has 4 heteroatoms. The molecular formula is C16H19NO3. The minimum atomic E-state index is -0.503. The molecule has 2 aromatic rings. The highest BCUT2D eigenvalue weighted by atomic mass is 16.5. The van der Waals surface area contributed by atoms with Crippen LogP contribution in [-0.2, 0) is 6.42 Å². The molecule has 20 heavy (non-hydrogen) atoms. The summed E-state index contributed by atoms with van der Waals surface area (Å²) in [5.74, 6) is 1.42. The molecule has 0 amide bonds. The average molecular weight is 273 g/mol. The van der Waals surface area contributed by atoms with E-state index in [4.69, 9.17) is 9.47 Å². The number of aromatic nitrogens is 1. The highest BCUT2D eigenvalue weighted by Gasteiger charge is 2.09. The van der Waals surface area contributed by atoms with Crippen molar-refractivity contribution in [1.29, 1.82) is 0 Å². The van der Waals surface area contributed by atoms with Crippen LogP contribution in [0.3, 0.4) is 0 Å². The van der Waals surface area contributed by atoms with Gasteiger partial charge in [0.05, 0.1) is 20.3 Å². The van der Waals surface area contributed by atoms with Gasteiger partial charge < -0.3 is 14.6 Å². The smallest absolute Gasteiger partial charge is 0.160 e. The number of pyridine rings is 1. The van der Waals surface area contributed by atoms with E-state index in [0.717, 1.165) is 17.5 Å². The number of rotatable bonds is 6. The third-order valence-corrected chi connectivity index (χ3v) is 3.22. The minimum absolute atomic E-state index is 0.503. The molecule has 0 unspecified atom stereocenters. The van der Waals surface area contributed by atoms with Gasteiger partial charge in [-0.2, -0.15) is 0 Å². The maximum Gasteiger partial charge on any atom is 0.160 e. The van der Waals surface area contributed by atoms with Crippen LogP contribution in [0.5, 0.6) is 11.5 Å². The van der Waals surface area contributed by atoms with Crippen molar-refractivity contribution in [3.8, 4) is 11.5 Å². The Balaban J connectivity index is 2.00. The number of aliphatic hydroxyl groups is 1. The Morgan fingerprint density at radius 3 is 2.60 bits per heavy atom. The van der Waals surface area contributed by atoms with E-state index in [-0.39, 0.29) is 0 Å². The van der Waals surface area contributed by atoms with Crippen LogP contribution in [-0.4, -0.2) is 24.3 Å². The number of hydrogen-bond acceptors (Lipinski definition) is 4. The molecule has 1 heterocycles. The summed E-state index contributed by atoms with van der Waals surface area (Å²) >= 11 is 0. The van der Waals surface area contributed by atoms with Gasteiger partial charge in [-0.15, -0.1) is 0 Å². The van der Waals surface area contributed by atoms with Gasteiger partial charge in [-0.1, -0.05) is 12.1 Å². The van der Waals surface area contributed by atoms with Crippen LogP contribution in [0.25, 0.3) is 0 Å². The second kappa shape index (κ2) is 6.91. The largest absolute Gasteiger partial charge is 0.493 e. The van der Waals surface area contributed by atoms with Gasteiger partial charge in [0, 0.05) is 12.4 Å². The van der Waals surface area contributed by atoms with Crippen molar-refractivity contribution in [3.05, 3.63) is 53.9 Å². The summed E-state index contributed by atoms with van der Waals surface area (Å²) in [4.78, 5) is 4.01. The van der Waals surface area contributed by atoms with Gasteiger partial charge in [-0.25, -0.2) is 0 Å². The highest BCUT2D eigenvalue weighted by Crippen LogP contribution is 2.28. The number of nitrogens with zero attached hydrogens (tertiary/aromatic N) is 1. The predicted octanol–water partition coefficient (Wildman–Crippen LogP) is 2.77. The molecule has 0 aliphatic rings. The van der Waals surface area contributed by atoms with E-state index in [2.05, 4.69) is 4.98 Å². The molecule has 1 atom stereocenters. The van der Waals surface area contributed by atoms with Gasteiger partial charge in [0.2, 0.25) is 0 Å². The van der Waals surface area contributed by atoms with Crippen molar-refractivity contribution in [2.75, 3.05) is 14.2 Å². The number of hydrogen-bond donors (Lipinski definition) is 1. The maximum atomic E-state index is 10.1. The number of aliphatic hydroxyl groups excluding tert-OH is 1. The molecule has 0 aliphatic heterocycles. The fourth-order valence-corrected chi connectivity index (χ4v) is 2.08. The standard InChI is InChI=1S/C16H19NO3/c1-19-15-8-6-12(10-16(15)20-2)5-7-14(18)13-4-3-9-17-11-13/h3-4,6,8-11,14,18H,5,7H2,1-2H3/t14-/m1/s1. The van der Waals surface area contributed by atoms with Crippen LogP contribution in [0, 0.1) is 0 Å². The number of methoxy groups -OCH3 is 2. The summed E-state index contributed by atoms with van der Waals surface area (Å²) in [6.45, 7) is 0. The zero-order chi connectivity index (χ0) is 14.4. The Labute approximate surface area is 119 Å². The first kappa shape index (κ1) is 14.3. The topological polar surface area (TPSA) is 51.6 Å². The van der Waals surface area contributed by atoms with Crippen molar-refractivity contribution in [2.45, 2.75) is 18.9 Å². The van der Waals surface area contributed by atoms with Gasteiger partial charge in [0.25, 0.3) is 0 Å². The number of benzene rings is 1. The summed E-state index contributed by atoms with van der Waals surface area (Å²) in [5, 5.41) is 10.1. The third-order valence-electron chi connectivity index (χ3n) is 3.22. The van der Waals surface area contributed by atoms with E-state index in [0.29, 0.717) is 17.9 Å².